The molecule has 0 spiro atoms. The molecule has 0 aromatic heterocycles. The van der Waals surface area contributed by atoms with Crippen molar-refractivity contribution in [2.45, 2.75) is 45.1 Å². The van der Waals surface area contributed by atoms with Gasteiger partial charge in [-0.3, -0.25) is 0 Å². The van der Waals surface area contributed by atoms with Crippen molar-refractivity contribution in [2.75, 3.05) is 11.9 Å². The number of hydrogen-bond donors (Lipinski definition) is 2. The Hall–Kier alpha value is -0.730. The van der Waals surface area contributed by atoms with Crippen LogP contribution in [0.3, 0.4) is 0 Å². The maximum absolute atomic E-state index is 6.26. The maximum Gasteiger partial charge on any atom is 0.0637 e. The van der Waals surface area contributed by atoms with E-state index in [1.165, 1.54) is 12.8 Å². The van der Waals surface area contributed by atoms with Gasteiger partial charge in [-0.1, -0.05) is 50.4 Å². The summed E-state index contributed by atoms with van der Waals surface area (Å²) in [6.07, 6.45) is 4.85. The van der Waals surface area contributed by atoms with Gasteiger partial charge in [-0.2, -0.15) is 0 Å². The Labute approximate surface area is 121 Å². The molecule has 3 heteroatoms. The van der Waals surface area contributed by atoms with Crippen LogP contribution in [0.5, 0.6) is 0 Å². The third kappa shape index (κ3) is 3.43. The summed E-state index contributed by atoms with van der Waals surface area (Å²) in [6, 6.07) is 7.94. The summed E-state index contributed by atoms with van der Waals surface area (Å²) in [5, 5.41) is 4.42. The summed E-state index contributed by atoms with van der Waals surface area (Å²) in [5.74, 6) is 1.48. The zero-order chi connectivity index (χ0) is 13.9. The molecule has 1 aliphatic carbocycles. The smallest absolute Gasteiger partial charge is 0.0637 e. The van der Waals surface area contributed by atoms with Crippen molar-refractivity contribution in [3.05, 3.63) is 29.3 Å². The van der Waals surface area contributed by atoms with E-state index in [0.29, 0.717) is 6.54 Å². The van der Waals surface area contributed by atoms with Crippen molar-refractivity contribution >= 4 is 17.3 Å². The van der Waals surface area contributed by atoms with Crippen LogP contribution >= 0.6 is 11.6 Å². The Bertz CT molecular complexity index is 419. The topological polar surface area (TPSA) is 38.0 Å². The SMILES string of the molecule is CC(C)C1CCCC(CN)(Nc2ccccc2Cl)C1. The van der Waals surface area contributed by atoms with Crippen LogP contribution in [0.4, 0.5) is 5.69 Å². The van der Waals surface area contributed by atoms with Crippen molar-refractivity contribution in [3.63, 3.8) is 0 Å². The molecule has 0 saturated heterocycles. The Morgan fingerprint density at radius 2 is 2.16 bits per heavy atom. The van der Waals surface area contributed by atoms with Gasteiger partial charge in [0, 0.05) is 12.1 Å². The maximum atomic E-state index is 6.26. The molecule has 3 N–H and O–H groups in total. The summed E-state index contributed by atoms with van der Waals surface area (Å²) >= 11 is 6.26. The second-order valence-electron chi connectivity index (χ2n) is 6.19. The highest BCUT2D eigenvalue weighted by molar-refractivity contribution is 6.33. The summed E-state index contributed by atoms with van der Waals surface area (Å²) in [5.41, 5.74) is 7.12. The second-order valence-corrected chi connectivity index (χ2v) is 6.60. The third-order valence-corrected chi connectivity index (χ3v) is 4.82. The van der Waals surface area contributed by atoms with E-state index in [0.717, 1.165) is 35.4 Å². The lowest BCUT2D eigenvalue weighted by atomic mass is 9.71. The lowest BCUT2D eigenvalue weighted by Crippen LogP contribution is -2.49. The van der Waals surface area contributed by atoms with E-state index < -0.39 is 0 Å². The molecule has 0 aliphatic heterocycles. The average molecular weight is 281 g/mol. The van der Waals surface area contributed by atoms with E-state index in [1.54, 1.807) is 0 Å². The van der Waals surface area contributed by atoms with Crippen LogP contribution in [0.25, 0.3) is 0 Å². The van der Waals surface area contributed by atoms with Gasteiger partial charge in [-0.05, 0) is 36.8 Å². The highest BCUT2D eigenvalue weighted by Crippen LogP contribution is 2.39. The van der Waals surface area contributed by atoms with Crippen LogP contribution in [-0.2, 0) is 0 Å². The fraction of sp³-hybridized carbons (Fsp3) is 0.625. The minimum Gasteiger partial charge on any atom is -0.377 e. The number of benzene rings is 1. The molecule has 0 heterocycles. The number of rotatable bonds is 4. The van der Waals surface area contributed by atoms with Crippen LogP contribution < -0.4 is 11.1 Å². The number of para-hydroxylation sites is 1. The molecule has 0 radical (unpaired) electrons. The normalized spacial score (nSPS) is 27.5. The molecule has 1 aromatic carbocycles. The first-order valence-corrected chi connectivity index (χ1v) is 7.67. The summed E-state index contributed by atoms with van der Waals surface area (Å²) in [6.45, 7) is 5.29. The molecular weight excluding hydrogens is 256 g/mol. The zero-order valence-corrected chi connectivity index (χ0v) is 12.7. The fourth-order valence-corrected chi connectivity index (χ4v) is 3.36. The molecule has 2 atom stereocenters. The Balaban J connectivity index is 2.16. The van der Waals surface area contributed by atoms with Gasteiger partial charge < -0.3 is 11.1 Å². The number of anilines is 1. The molecule has 1 saturated carbocycles. The molecule has 0 bridgehead atoms. The Morgan fingerprint density at radius 3 is 2.79 bits per heavy atom. The highest BCUT2D eigenvalue weighted by Gasteiger charge is 2.36. The van der Waals surface area contributed by atoms with Crippen molar-refractivity contribution in [2.24, 2.45) is 17.6 Å². The molecule has 1 aromatic rings. The number of nitrogens with one attached hydrogen (secondary N) is 1. The van der Waals surface area contributed by atoms with Crippen LogP contribution in [0.2, 0.25) is 5.02 Å². The van der Waals surface area contributed by atoms with E-state index in [2.05, 4.69) is 19.2 Å². The molecule has 19 heavy (non-hydrogen) atoms. The van der Waals surface area contributed by atoms with Crippen LogP contribution in [0.1, 0.15) is 39.5 Å². The number of nitrogens with two attached hydrogens (primary N) is 1. The predicted molar refractivity (Wildman–Crippen MR) is 83.7 cm³/mol. The Kier molecular flexibility index (Phi) is 4.75. The molecular formula is C16H25ClN2. The standard InChI is InChI=1S/C16H25ClN2/c1-12(2)13-6-5-9-16(10-13,11-18)19-15-8-4-3-7-14(15)17/h3-4,7-8,12-13,19H,5-6,9-11,18H2,1-2H3. The number of hydrogen-bond acceptors (Lipinski definition) is 2. The van der Waals surface area contributed by atoms with Gasteiger partial charge in [0.2, 0.25) is 0 Å². The lowest BCUT2D eigenvalue weighted by Gasteiger charge is -2.43. The molecule has 2 unspecified atom stereocenters. The molecule has 106 valence electrons. The fourth-order valence-electron chi connectivity index (χ4n) is 3.18. The highest BCUT2D eigenvalue weighted by atomic mass is 35.5. The summed E-state index contributed by atoms with van der Waals surface area (Å²) < 4.78 is 0. The van der Waals surface area contributed by atoms with E-state index in [4.69, 9.17) is 17.3 Å². The van der Waals surface area contributed by atoms with E-state index in [-0.39, 0.29) is 5.54 Å². The van der Waals surface area contributed by atoms with Crippen LogP contribution in [-0.4, -0.2) is 12.1 Å². The van der Waals surface area contributed by atoms with Gasteiger partial charge in [0.15, 0.2) is 0 Å². The van der Waals surface area contributed by atoms with Gasteiger partial charge in [-0.25, -0.2) is 0 Å². The molecule has 2 nitrogen and oxygen atoms in total. The molecule has 0 amide bonds. The van der Waals surface area contributed by atoms with Crippen molar-refractivity contribution in [3.8, 4) is 0 Å². The third-order valence-electron chi connectivity index (χ3n) is 4.49. The quantitative estimate of drug-likeness (QED) is 0.863. The van der Waals surface area contributed by atoms with Gasteiger partial charge in [0.1, 0.15) is 0 Å². The van der Waals surface area contributed by atoms with E-state index in [9.17, 15) is 0 Å². The van der Waals surface area contributed by atoms with E-state index in [1.807, 2.05) is 24.3 Å². The molecule has 1 fully saturated rings. The Morgan fingerprint density at radius 1 is 1.42 bits per heavy atom. The first kappa shape index (κ1) is 14.7. The monoisotopic (exact) mass is 280 g/mol. The molecule has 1 aliphatic rings. The lowest BCUT2D eigenvalue weighted by molar-refractivity contribution is 0.203. The average Bonchev–Trinajstić information content (AvgIpc) is 2.42. The first-order valence-electron chi connectivity index (χ1n) is 7.29. The van der Waals surface area contributed by atoms with Crippen molar-refractivity contribution < 1.29 is 0 Å². The van der Waals surface area contributed by atoms with Crippen LogP contribution in [0.15, 0.2) is 24.3 Å². The van der Waals surface area contributed by atoms with Gasteiger partial charge in [0.25, 0.3) is 0 Å². The van der Waals surface area contributed by atoms with Gasteiger partial charge >= 0.3 is 0 Å². The van der Waals surface area contributed by atoms with E-state index >= 15 is 0 Å². The number of halogens is 1. The minimum atomic E-state index is 0.0121. The zero-order valence-electron chi connectivity index (χ0n) is 12.0. The second kappa shape index (κ2) is 6.15. The van der Waals surface area contributed by atoms with Crippen molar-refractivity contribution in [1.82, 2.24) is 0 Å². The minimum absolute atomic E-state index is 0.0121. The summed E-state index contributed by atoms with van der Waals surface area (Å²) in [7, 11) is 0. The van der Waals surface area contributed by atoms with Crippen molar-refractivity contribution in [1.29, 1.82) is 0 Å². The first-order chi connectivity index (χ1) is 9.06. The summed E-state index contributed by atoms with van der Waals surface area (Å²) in [4.78, 5) is 0. The van der Waals surface area contributed by atoms with Crippen LogP contribution in [0, 0.1) is 11.8 Å². The van der Waals surface area contributed by atoms with Gasteiger partial charge in [-0.15, -0.1) is 0 Å². The van der Waals surface area contributed by atoms with Gasteiger partial charge in [0.05, 0.1) is 10.7 Å². The predicted octanol–water partition coefficient (Wildman–Crippen LogP) is 4.30. The molecule has 2 rings (SSSR count). The largest absolute Gasteiger partial charge is 0.377 e.